The number of methoxy groups -OCH3 is 1. The van der Waals surface area contributed by atoms with Crippen LogP contribution in [0.4, 0.5) is 5.95 Å². The Morgan fingerprint density at radius 3 is 2.84 bits per heavy atom. The number of piperidine rings is 1. The van der Waals surface area contributed by atoms with Gasteiger partial charge < -0.3 is 9.64 Å². The predicted octanol–water partition coefficient (Wildman–Crippen LogP) is 2.56. The van der Waals surface area contributed by atoms with E-state index >= 15 is 0 Å². The molecule has 3 unspecified atom stereocenters. The Morgan fingerprint density at radius 1 is 1.10 bits per heavy atom. The molecule has 0 spiro atoms. The number of aromatic nitrogens is 2. The number of likely N-dealkylation sites (tertiary alicyclic amines) is 1. The number of nitrogens with one attached hydrogen (secondary N) is 2. The summed E-state index contributed by atoms with van der Waals surface area (Å²) in [6.07, 6.45) is 6.91. The van der Waals surface area contributed by atoms with E-state index in [-0.39, 0.29) is 0 Å². The van der Waals surface area contributed by atoms with E-state index < -0.39 is 0 Å². The van der Waals surface area contributed by atoms with Gasteiger partial charge >= 0.3 is 0 Å². The van der Waals surface area contributed by atoms with Crippen molar-refractivity contribution in [2.45, 2.75) is 44.2 Å². The molecule has 0 amide bonds. The number of hydrogen-bond donors (Lipinski definition) is 2. The van der Waals surface area contributed by atoms with Crippen molar-refractivity contribution in [2.75, 3.05) is 44.7 Å². The van der Waals surface area contributed by atoms with E-state index in [2.05, 4.69) is 49.9 Å². The molecule has 4 heterocycles. The lowest BCUT2D eigenvalue weighted by molar-refractivity contribution is 0.138. The van der Waals surface area contributed by atoms with Crippen molar-refractivity contribution in [2.24, 2.45) is 5.92 Å². The van der Waals surface area contributed by atoms with E-state index in [9.17, 15) is 0 Å². The van der Waals surface area contributed by atoms with Gasteiger partial charge in [-0.15, -0.1) is 0 Å². The predicted molar refractivity (Wildman–Crippen MR) is 122 cm³/mol. The Kier molecular flexibility index (Phi) is 6.34. The number of benzene rings is 1. The first-order valence-corrected chi connectivity index (χ1v) is 11.7. The quantitative estimate of drug-likeness (QED) is 0.742. The molecule has 0 aliphatic carbocycles. The van der Waals surface area contributed by atoms with Crippen LogP contribution in [-0.2, 0) is 6.54 Å². The average molecular weight is 423 g/mol. The minimum Gasteiger partial charge on any atom is -0.496 e. The number of nitrogens with zero attached hydrogens (tertiary/aromatic N) is 4. The second kappa shape index (κ2) is 9.51. The van der Waals surface area contributed by atoms with E-state index in [1.54, 1.807) is 7.11 Å². The summed E-state index contributed by atoms with van der Waals surface area (Å²) in [5.74, 6) is 2.86. The number of anilines is 1. The Hall–Kier alpha value is -2.22. The second-order valence-electron chi connectivity index (χ2n) is 9.08. The molecule has 1 aromatic carbocycles. The van der Waals surface area contributed by atoms with E-state index in [1.165, 1.54) is 36.9 Å². The fourth-order valence-corrected chi connectivity index (χ4v) is 5.49. The summed E-state index contributed by atoms with van der Waals surface area (Å²) < 4.78 is 5.57. The summed E-state index contributed by atoms with van der Waals surface area (Å²) in [6.45, 7) is 6.26. The monoisotopic (exact) mass is 422 g/mol. The number of ether oxygens (including phenoxy) is 1. The van der Waals surface area contributed by atoms with E-state index in [1.807, 2.05) is 12.3 Å². The van der Waals surface area contributed by atoms with Crippen molar-refractivity contribution in [3.05, 3.63) is 47.8 Å². The van der Waals surface area contributed by atoms with Crippen molar-refractivity contribution in [1.82, 2.24) is 25.7 Å². The average Bonchev–Trinajstić information content (AvgIpc) is 3.52. The third-order valence-corrected chi connectivity index (χ3v) is 7.09. The molecule has 31 heavy (non-hydrogen) atoms. The molecule has 0 bridgehead atoms. The van der Waals surface area contributed by atoms with Crippen molar-refractivity contribution in [3.63, 3.8) is 0 Å². The first kappa shape index (κ1) is 20.7. The van der Waals surface area contributed by atoms with Crippen LogP contribution >= 0.6 is 0 Å². The molecule has 166 valence electrons. The zero-order valence-electron chi connectivity index (χ0n) is 18.5. The van der Waals surface area contributed by atoms with Gasteiger partial charge in [0.1, 0.15) is 5.75 Å². The van der Waals surface area contributed by atoms with Crippen LogP contribution in [0.5, 0.6) is 5.75 Å². The molecule has 5 rings (SSSR count). The normalized spacial score (nSPS) is 27.0. The van der Waals surface area contributed by atoms with Gasteiger partial charge in [0.2, 0.25) is 5.95 Å². The highest BCUT2D eigenvalue weighted by Crippen LogP contribution is 2.32. The van der Waals surface area contributed by atoms with Crippen LogP contribution < -0.4 is 20.5 Å². The van der Waals surface area contributed by atoms with Gasteiger partial charge in [-0.25, -0.2) is 9.97 Å². The number of para-hydroxylation sites is 1. The Labute approximate surface area is 185 Å². The molecule has 3 aliphatic heterocycles. The van der Waals surface area contributed by atoms with Crippen LogP contribution in [0.15, 0.2) is 36.5 Å². The summed E-state index contributed by atoms with van der Waals surface area (Å²) in [5.41, 5.74) is 9.46. The summed E-state index contributed by atoms with van der Waals surface area (Å²) in [4.78, 5) is 14.5. The van der Waals surface area contributed by atoms with Crippen LogP contribution in [0.3, 0.4) is 0 Å². The van der Waals surface area contributed by atoms with Crippen LogP contribution in [0, 0.1) is 5.92 Å². The van der Waals surface area contributed by atoms with E-state index in [0.29, 0.717) is 17.9 Å². The maximum atomic E-state index is 5.57. The standard InChI is InChI=1S/C24H34N6O/c1-31-22-9-3-2-7-18(22)16-29-12-6-8-19(17-29)23-20(15-26-28-23)21-10-11-25-24(27-21)30-13-4-5-14-30/h2-3,7,9-11,19-20,23,26,28H,4-6,8,12-17H2,1H3. The van der Waals surface area contributed by atoms with Crippen molar-refractivity contribution in [1.29, 1.82) is 0 Å². The summed E-state index contributed by atoms with van der Waals surface area (Å²) in [6, 6.07) is 10.9. The molecule has 1 aromatic heterocycles. The van der Waals surface area contributed by atoms with E-state index in [4.69, 9.17) is 9.72 Å². The lowest BCUT2D eigenvalue weighted by Crippen LogP contribution is -2.46. The highest BCUT2D eigenvalue weighted by molar-refractivity contribution is 5.34. The van der Waals surface area contributed by atoms with Crippen molar-refractivity contribution in [3.8, 4) is 5.75 Å². The van der Waals surface area contributed by atoms with Gasteiger partial charge in [-0.2, -0.15) is 0 Å². The van der Waals surface area contributed by atoms with Gasteiger partial charge in [0.05, 0.1) is 12.8 Å². The minimum atomic E-state index is 0.376. The molecule has 3 fully saturated rings. The van der Waals surface area contributed by atoms with Gasteiger partial charge in [-0.1, -0.05) is 18.2 Å². The largest absolute Gasteiger partial charge is 0.496 e. The topological polar surface area (TPSA) is 65.6 Å². The fourth-order valence-electron chi connectivity index (χ4n) is 5.49. The van der Waals surface area contributed by atoms with Crippen molar-refractivity contribution < 1.29 is 4.74 Å². The van der Waals surface area contributed by atoms with Gasteiger partial charge in [0.25, 0.3) is 0 Å². The van der Waals surface area contributed by atoms with Crippen LogP contribution in [0.25, 0.3) is 0 Å². The van der Waals surface area contributed by atoms with Gasteiger partial charge in [-0.05, 0) is 50.3 Å². The summed E-state index contributed by atoms with van der Waals surface area (Å²) in [7, 11) is 1.76. The molecule has 3 atom stereocenters. The first-order chi connectivity index (χ1) is 15.3. The first-order valence-electron chi connectivity index (χ1n) is 11.7. The zero-order chi connectivity index (χ0) is 21.0. The molecule has 7 nitrogen and oxygen atoms in total. The molecular weight excluding hydrogens is 388 g/mol. The fraction of sp³-hybridized carbons (Fsp3) is 0.583. The van der Waals surface area contributed by atoms with E-state index in [0.717, 1.165) is 51.0 Å². The van der Waals surface area contributed by atoms with Gasteiger partial charge in [0.15, 0.2) is 0 Å². The second-order valence-corrected chi connectivity index (χ2v) is 9.08. The summed E-state index contributed by atoms with van der Waals surface area (Å²) >= 11 is 0. The lowest BCUT2D eigenvalue weighted by atomic mass is 9.82. The molecule has 7 heteroatoms. The highest BCUT2D eigenvalue weighted by Gasteiger charge is 2.37. The molecule has 2 aromatic rings. The van der Waals surface area contributed by atoms with Crippen LogP contribution in [0.1, 0.15) is 42.9 Å². The van der Waals surface area contributed by atoms with Crippen LogP contribution in [-0.4, -0.2) is 60.7 Å². The number of rotatable bonds is 6. The summed E-state index contributed by atoms with van der Waals surface area (Å²) in [5, 5.41) is 0. The lowest BCUT2D eigenvalue weighted by Gasteiger charge is -2.37. The molecule has 0 saturated carbocycles. The maximum Gasteiger partial charge on any atom is 0.225 e. The Bertz CT molecular complexity index is 871. The molecular formula is C24H34N6O. The third-order valence-electron chi connectivity index (χ3n) is 7.09. The minimum absolute atomic E-state index is 0.376. The SMILES string of the molecule is COc1ccccc1CN1CCCC(C2NNCC2c2ccnc(N3CCCC3)n2)C1. The Balaban J connectivity index is 1.28. The third kappa shape index (κ3) is 4.54. The van der Waals surface area contributed by atoms with Crippen molar-refractivity contribution >= 4 is 5.95 Å². The smallest absolute Gasteiger partial charge is 0.225 e. The van der Waals surface area contributed by atoms with Crippen LogP contribution in [0.2, 0.25) is 0 Å². The molecule has 3 aliphatic rings. The molecule has 2 N–H and O–H groups in total. The number of hydrogen-bond acceptors (Lipinski definition) is 7. The number of hydrazine groups is 1. The zero-order valence-corrected chi connectivity index (χ0v) is 18.5. The Morgan fingerprint density at radius 2 is 1.97 bits per heavy atom. The highest BCUT2D eigenvalue weighted by atomic mass is 16.5. The molecule has 3 saturated heterocycles. The van der Waals surface area contributed by atoms with Gasteiger partial charge in [0, 0.05) is 56.4 Å². The van der Waals surface area contributed by atoms with Gasteiger partial charge in [-0.3, -0.25) is 15.8 Å². The molecule has 0 radical (unpaired) electrons. The maximum absolute atomic E-state index is 5.57.